The Morgan fingerprint density at radius 2 is 1.82 bits per heavy atom. The lowest BCUT2D eigenvalue weighted by atomic mass is 9.99. The maximum Gasteiger partial charge on any atom is 0.320 e. The summed E-state index contributed by atoms with van der Waals surface area (Å²) in [5, 5.41) is 12.2. The first kappa shape index (κ1) is 13.7. The summed E-state index contributed by atoms with van der Waals surface area (Å²) in [5.41, 5.74) is 1.23. The number of hydrogen-bond acceptors (Lipinski definition) is 2. The molecule has 0 aliphatic carbocycles. The molecule has 0 aliphatic heterocycles. The molecule has 0 aliphatic rings. The third kappa shape index (κ3) is 4.19. The molecule has 3 heteroatoms. The van der Waals surface area contributed by atoms with E-state index in [0.29, 0.717) is 12.5 Å². The van der Waals surface area contributed by atoms with Crippen molar-refractivity contribution in [2.75, 3.05) is 6.54 Å². The van der Waals surface area contributed by atoms with Crippen LogP contribution in [0.4, 0.5) is 0 Å². The van der Waals surface area contributed by atoms with Gasteiger partial charge < -0.3 is 10.4 Å². The van der Waals surface area contributed by atoms with Crippen molar-refractivity contribution < 1.29 is 9.90 Å². The maximum atomic E-state index is 11.0. The first-order chi connectivity index (χ1) is 8.02. The number of rotatable bonds is 6. The van der Waals surface area contributed by atoms with E-state index < -0.39 is 12.0 Å². The summed E-state index contributed by atoms with van der Waals surface area (Å²) in [5.74, 6) is -0.368. The van der Waals surface area contributed by atoms with Gasteiger partial charge in [0.05, 0.1) is 0 Å². The lowest BCUT2D eigenvalue weighted by molar-refractivity contribution is -0.140. The average molecular weight is 235 g/mol. The second-order valence-corrected chi connectivity index (χ2v) is 4.78. The van der Waals surface area contributed by atoms with Gasteiger partial charge in [0.25, 0.3) is 0 Å². The zero-order chi connectivity index (χ0) is 12.8. The van der Waals surface area contributed by atoms with Crippen molar-refractivity contribution in [3.05, 3.63) is 35.9 Å². The minimum absolute atomic E-state index is 0.0930. The quantitative estimate of drug-likeness (QED) is 0.796. The average Bonchev–Trinajstić information content (AvgIpc) is 2.29. The summed E-state index contributed by atoms with van der Waals surface area (Å²) in [6, 6.07) is 9.65. The molecule has 0 amide bonds. The smallest absolute Gasteiger partial charge is 0.320 e. The van der Waals surface area contributed by atoms with E-state index in [-0.39, 0.29) is 5.92 Å². The fourth-order valence-corrected chi connectivity index (χ4v) is 1.81. The predicted octanol–water partition coefficient (Wildman–Crippen LogP) is 2.49. The molecule has 0 heterocycles. The summed E-state index contributed by atoms with van der Waals surface area (Å²) in [6.07, 6.45) is 0. The fourth-order valence-electron chi connectivity index (χ4n) is 1.81. The van der Waals surface area contributed by atoms with Crippen LogP contribution in [0.25, 0.3) is 0 Å². The molecule has 0 spiro atoms. The largest absolute Gasteiger partial charge is 0.480 e. The van der Waals surface area contributed by atoms with Gasteiger partial charge >= 0.3 is 5.97 Å². The zero-order valence-electron chi connectivity index (χ0n) is 10.7. The molecule has 2 atom stereocenters. The number of carboxylic acids is 1. The van der Waals surface area contributed by atoms with Gasteiger partial charge in [-0.25, -0.2) is 0 Å². The lowest BCUT2D eigenvalue weighted by Gasteiger charge is -2.20. The summed E-state index contributed by atoms with van der Waals surface area (Å²) >= 11 is 0. The Morgan fingerprint density at radius 3 is 2.29 bits per heavy atom. The summed E-state index contributed by atoms with van der Waals surface area (Å²) in [7, 11) is 0. The van der Waals surface area contributed by atoms with Crippen molar-refractivity contribution in [3.63, 3.8) is 0 Å². The fraction of sp³-hybridized carbons (Fsp3) is 0.500. The number of carbonyl (C=O) groups is 1. The first-order valence-corrected chi connectivity index (χ1v) is 6.03. The molecule has 2 N–H and O–H groups in total. The van der Waals surface area contributed by atoms with Crippen molar-refractivity contribution in [2.45, 2.75) is 32.7 Å². The van der Waals surface area contributed by atoms with Crippen molar-refractivity contribution in [1.29, 1.82) is 0 Å². The van der Waals surface area contributed by atoms with Crippen molar-refractivity contribution in [3.8, 4) is 0 Å². The Bertz CT molecular complexity index is 348. The third-order valence-corrected chi connectivity index (χ3v) is 2.95. The molecule has 94 valence electrons. The molecule has 0 saturated carbocycles. The van der Waals surface area contributed by atoms with Gasteiger partial charge in [-0.05, 0) is 17.4 Å². The van der Waals surface area contributed by atoms with Crippen LogP contribution in [0.1, 0.15) is 32.3 Å². The molecular formula is C14H21NO2. The number of benzene rings is 1. The predicted molar refractivity (Wildman–Crippen MR) is 69.1 cm³/mol. The monoisotopic (exact) mass is 235 g/mol. The van der Waals surface area contributed by atoms with Crippen LogP contribution in [0.2, 0.25) is 0 Å². The van der Waals surface area contributed by atoms with Crippen LogP contribution >= 0.6 is 0 Å². The van der Waals surface area contributed by atoms with Gasteiger partial charge in [0.1, 0.15) is 6.04 Å². The third-order valence-electron chi connectivity index (χ3n) is 2.95. The van der Waals surface area contributed by atoms with Crippen molar-refractivity contribution in [1.82, 2.24) is 5.32 Å². The highest BCUT2D eigenvalue weighted by atomic mass is 16.4. The topological polar surface area (TPSA) is 49.3 Å². The van der Waals surface area contributed by atoms with E-state index in [1.54, 1.807) is 0 Å². The van der Waals surface area contributed by atoms with Crippen LogP contribution in [0.5, 0.6) is 0 Å². The normalized spacial score (nSPS) is 14.6. The van der Waals surface area contributed by atoms with E-state index in [0.717, 1.165) is 0 Å². The standard InChI is InChI=1S/C14H21NO2/c1-10(2)13(14(16)17)15-9-11(3)12-7-5-4-6-8-12/h4-8,10-11,13,15H,9H2,1-3H3,(H,16,17)/t11?,13-/m0/s1. The Morgan fingerprint density at radius 1 is 1.24 bits per heavy atom. The van der Waals surface area contributed by atoms with Gasteiger partial charge in [0.2, 0.25) is 0 Å². The van der Waals surface area contributed by atoms with Gasteiger partial charge in [-0.15, -0.1) is 0 Å². The van der Waals surface area contributed by atoms with Gasteiger partial charge in [-0.1, -0.05) is 51.1 Å². The molecular weight excluding hydrogens is 214 g/mol. The van der Waals surface area contributed by atoms with E-state index in [9.17, 15) is 4.79 Å². The highest BCUT2D eigenvalue weighted by Gasteiger charge is 2.21. The lowest BCUT2D eigenvalue weighted by Crippen LogP contribution is -2.42. The molecule has 1 aromatic carbocycles. The minimum Gasteiger partial charge on any atom is -0.480 e. The Kier molecular flexibility index (Phi) is 5.16. The summed E-state index contributed by atoms with van der Waals surface area (Å²) in [4.78, 5) is 11.0. The number of carboxylic acid groups (broad SMARTS) is 1. The molecule has 0 aromatic heterocycles. The Labute approximate surface area is 103 Å². The molecule has 3 nitrogen and oxygen atoms in total. The minimum atomic E-state index is -0.778. The van der Waals surface area contributed by atoms with Gasteiger partial charge in [0.15, 0.2) is 0 Å². The molecule has 1 unspecified atom stereocenters. The maximum absolute atomic E-state index is 11.0. The van der Waals surface area contributed by atoms with E-state index in [2.05, 4.69) is 24.4 Å². The zero-order valence-corrected chi connectivity index (χ0v) is 10.7. The summed E-state index contributed by atoms with van der Waals surface area (Å²) < 4.78 is 0. The van der Waals surface area contributed by atoms with E-state index >= 15 is 0 Å². The van der Waals surface area contributed by atoms with Gasteiger partial charge in [-0.2, -0.15) is 0 Å². The highest BCUT2D eigenvalue weighted by Crippen LogP contribution is 2.14. The second-order valence-electron chi connectivity index (χ2n) is 4.78. The van der Waals surface area contributed by atoms with Crippen LogP contribution < -0.4 is 5.32 Å². The summed E-state index contributed by atoms with van der Waals surface area (Å²) in [6.45, 7) is 6.61. The molecule has 0 fully saturated rings. The van der Waals surface area contributed by atoms with Crippen molar-refractivity contribution in [2.24, 2.45) is 5.92 Å². The van der Waals surface area contributed by atoms with Crippen LogP contribution in [0.3, 0.4) is 0 Å². The van der Waals surface area contributed by atoms with Crippen LogP contribution in [0.15, 0.2) is 30.3 Å². The highest BCUT2D eigenvalue weighted by molar-refractivity contribution is 5.73. The van der Waals surface area contributed by atoms with Crippen LogP contribution in [-0.2, 0) is 4.79 Å². The van der Waals surface area contributed by atoms with Crippen LogP contribution in [0, 0.1) is 5.92 Å². The number of nitrogens with one attached hydrogen (secondary N) is 1. The van der Waals surface area contributed by atoms with Crippen molar-refractivity contribution >= 4 is 5.97 Å². The molecule has 0 saturated heterocycles. The number of hydrogen-bond donors (Lipinski definition) is 2. The SMILES string of the molecule is CC(CN[C@H](C(=O)O)C(C)C)c1ccccc1. The number of aliphatic carboxylic acids is 1. The Balaban J connectivity index is 2.52. The molecule has 0 bridgehead atoms. The molecule has 1 aromatic rings. The van der Waals surface area contributed by atoms with Gasteiger partial charge in [0, 0.05) is 6.54 Å². The van der Waals surface area contributed by atoms with E-state index in [1.807, 2.05) is 32.0 Å². The Hall–Kier alpha value is -1.35. The van der Waals surface area contributed by atoms with Crippen LogP contribution in [-0.4, -0.2) is 23.7 Å². The second kappa shape index (κ2) is 6.40. The molecule has 0 radical (unpaired) electrons. The first-order valence-electron chi connectivity index (χ1n) is 6.03. The molecule has 1 rings (SSSR count). The van der Waals surface area contributed by atoms with E-state index in [1.165, 1.54) is 5.56 Å². The molecule has 17 heavy (non-hydrogen) atoms. The van der Waals surface area contributed by atoms with Gasteiger partial charge in [-0.3, -0.25) is 4.79 Å². The van der Waals surface area contributed by atoms with E-state index in [4.69, 9.17) is 5.11 Å².